The largest absolute Gasteiger partial charge is 0.352 e. The van der Waals surface area contributed by atoms with E-state index in [-0.39, 0.29) is 29.1 Å². The molecular formula is C29H33Cl2N3O4S. The molecule has 208 valence electrons. The van der Waals surface area contributed by atoms with E-state index in [2.05, 4.69) is 5.32 Å². The molecule has 0 radical (unpaired) electrons. The van der Waals surface area contributed by atoms with Crippen LogP contribution in [0, 0.1) is 6.92 Å². The first-order valence-corrected chi connectivity index (χ1v) is 14.8. The van der Waals surface area contributed by atoms with Gasteiger partial charge in [0.2, 0.25) is 11.8 Å². The van der Waals surface area contributed by atoms with E-state index in [1.54, 1.807) is 67.6 Å². The van der Waals surface area contributed by atoms with Crippen LogP contribution in [0.2, 0.25) is 10.0 Å². The highest BCUT2D eigenvalue weighted by Gasteiger charge is 2.32. The van der Waals surface area contributed by atoms with Crippen LogP contribution in [0.4, 0.5) is 5.69 Å². The lowest BCUT2D eigenvalue weighted by Gasteiger charge is -2.32. The number of sulfonamides is 1. The number of aryl methyl sites for hydroxylation is 1. The average molecular weight is 591 g/mol. The summed E-state index contributed by atoms with van der Waals surface area (Å²) in [6.07, 6.45) is 0.722. The Morgan fingerprint density at radius 3 is 2.15 bits per heavy atom. The van der Waals surface area contributed by atoms with Gasteiger partial charge in [-0.05, 0) is 81.3 Å². The molecule has 3 aromatic carbocycles. The fourth-order valence-electron chi connectivity index (χ4n) is 3.85. The SMILES string of the molecule is CCC(C)NC(=O)C(C)N(Cc1cccc(Cl)c1)C(=O)CN(c1ccc(Cl)cc1)S(=O)(=O)c1ccc(C)cc1. The highest BCUT2D eigenvalue weighted by molar-refractivity contribution is 7.92. The Bertz CT molecular complexity index is 1400. The molecule has 0 saturated heterocycles. The second-order valence-corrected chi connectivity index (χ2v) is 12.2. The molecule has 3 rings (SSSR count). The predicted octanol–water partition coefficient (Wildman–Crippen LogP) is 5.83. The second kappa shape index (κ2) is 13.3. The molecule has 1 N–H and O–H groups in total. The van der Waals surface area contributed by atoms with Crippen LogP contribution in [0.25, 0.3) is 0 Å². The molecule has 0 aliphatic rings. The summed E-state index contributed by atoms with van der Waals surface area (Å²) in [5.41, 5.74) is 1.88. The number of hydrogen-bond acceptors (Lipinski definition) is 4. The van der Waals surface area contributed by atoms with Crippen molar-refractivity contribution in [2.24, 2.45) is 0 Å². The lowest BCUT2D eigenvalue weighted by Crippen LogP contribution is -2.52. The van der Waals surface area contributed by atoms with Crippen molar-refractivity contribution >= 4 is 50.7 Å². The van der Waals surface area contributed by atoms with Crippen molar-refractivity contribution in [1.29, 1.82) is 0 Å². The van der Waals surface area contributed by atoms with Crippen LogP contribution < -0.4 is 9.62 Å². The molecule has 0 aromatic heterocycles. The van der Waals surface area contributed by atoms with E-state index in [1.807, 2.05) is 20.8 Å². The van der Waals surface area contributed by atoms with Gasteiger partial charge in [-0.25, -0.2) is 8.42 Å². The fourth-order valence-corrected chi connectivity index (χ4v) is 5.61. The van der Waals surface area contributed by atoms with Crippen LogP contribution in [0.5, 0.6) is 0 Å². The van der Waals surface area contributed by atoms with Gasteiger partial charge in [0.05, 0.1) is 10.6 Å². The van der Waals surface area contributed by atoms with Crippen molar-refractivity contribution < 1.29 is 18.0 Å². The fraction of sp³-hybridized carbons (Fsp3) is 0.310. The minimum absolute atomic E-state index is 0.0415. The highest BCUT2D eigenvalue weighted by atomic mass is 35.5. The van der Waals surface area contributed by atoms with Gasteiger partial charge in [0.25, 0.3) is 10.0 Å². The number of carbonyl (C=O) groups is 2. The Morgan fingerprint density at radius 1 is 0.923 bits per heavy atom. The average Bonchev–Trinajstić information content (AvgIpc) is 2.90. The number of hydrogen-bond donors (Lipinski definition) is 1. The normalized spacial score (nSPS) is 12.9. The van der Waals surface area contributed by atoms with Gasteiger partial charge in [-0.15, -0.1) is 0 Å². The van der Waals surface area contributed by atoms with Gasteiger partial charge in [-0.2, -0.15) is 0 Å². The zero-order valence-corrected chi connectivity index (χ0v) is 24.7. The van der Waals surface area contributed by atoms with Crippen molar-refractivity contribution in [1.82, 2.24) is 10.2 Å². The van der Waals surface area contributed by atoms with Crippen molar-refractivity contribution in [3.05, 3.63) is 94.0 Å². The van der Waals surface area contributed by atoms with E-state index in [1.165, 1.54) is 17.0 Å². The quantitative estimate of drug-likeness (QED) is 0.305. The van der Waals surface area contributed by atoms with E-state index in [0.29, 0.717) is 15.6 Å². The zero-order chi connectivity index (χ0) is 28.7. The van der Waals surface area contributed by atoms with Crippen molar-refractivity contribution in [3.63, 3.8) is 0 Å². The molecule has 0 aliphatic heterocycles. The van der Waals surface area contributed by atoms with Crippen LogP contribution in [-0.2, 0) is 26.2 Å². The summed E-state index contributed by atoms with van der Waals surface area (Å²) in [5, 5.41) is 3.82. The topological polar surface area (TPSA) is 86.8 Å². The van der Waals surface area contributed by atoms with E-state index in [4.69, 9.17) is 23.2 Å². The number of amides is 2. The van der Waals surface area contributed by atoms with Crippen LogP contribution in [-0.4, -0.2) is 43.8 Å². The molecule has 3 aromatic rings. The van der Waals surface area contributed by atoms with Crippen molar-refractivity contribution in [3.8, 4) is 0 Å². The smallest absolute Gasteiger partial charge is 0.264 e. The number of anilines is 1. The maximum absolute atomic E-state index is 13.9. The highest BCUT2D eigenvalue weighted by Crippen LogP contribution is 2.26. The molecule has 2 unspecified atom stereocenters. The maximum atomic E-state index is 13.9. The molecule has 0 spiro atoms. The first-order valence-electron chi connectivity index (χ1n) is 12.6. The molecule has 0 fully saturated rings. The Hall–Kier alpha value is -3.07. The molecule has 0 aliphatic carbocycles. The van der Waals surface area contributed by atoms with Gasteiger partial charge in [0.15, 0.2) is 0 Å². The summed E-state index contributed by atoms with van der Waals surface area (Å²) >= 11 is 12.2. The van der Waals surface area contributed by atoms with Crippen LogP contribution in [0.3, 0.4) is 0 Å². The lowest BCUT2D eigenvalue weighted by atomic mass is 10.1. The molecular weight excluding hydrogens is 557 g/mol. The van der Waals surface area contributed by atoms with E-state index in [0.717, 1.165) is 16.3 Å². The van der Waals surface area contributed by atoms with Gasteiger partial charge >= 0.3 is 0 Å². The van der Waals surface area contributed by atoms with Crippen molar-refractivity contribution in [2.45, 2.75) is 57.6 Å². The third-order valence-corrected chi connectivity index (χ3v) is 8.69. The second-order valence-electron chi connectivity index (χ2n) is 9.45. The van der Waals surface area contributed by atoms with Crippen molar-refractivity contribution in [2.75, 3.05) is 10.8 Å². The minimum atomic E-state index is -4.14. The van der Waals surface area contributed by atoms with Gasteiger partial charge in [-0.1, -0.05) is 60.0 Å². The number of benzene rings is 3. The summed E-state index contributed by atoms with van der Waals surface area (Å²) in [5.74, 6) is -0.883. The molecule has 2 atom stereocenters. The molecule has 2 amide bonds. The zero-order valence-electron chi connectivity index (χ0n) is 22.4. The first kappa shape index (κ1) is 30.5. The van der Waals surface area contributed by atoms with E-state index >= 15 is 0 Å². The third-order valence-electron chi connectivity index (χ3n) is 6.41. The number of rotatable bonds is 11. The number of carbonyl (C=O) groups excluding carboxylic acids is 2. The Kier molecular flexibility index (Phi) is 10.4. The molecule has 0 bridgehead atoms. The lowest BCUT2D eigenvalue weighted by molar-refractivity contribution is -0.139. The van der Waals surface area contributed by atoms with E-state index < -0.39 is 28.5 Å². The number of nitrogens with zero attached hydrogens (tertiary/aromatic N) is 2. The third kappa shape index (κ3) is 7.97. The summed E-state index contributed by atoms with van der Waals surface area (Å²) in [6.45, 7) is 6.85. The molecule has 39 heavy (non-hydrogen) atoms. The monoisotopic (exact) mass is 589 g/mol. The Labute approximate surface area is 240 Å². The molecule has 7 nitrogen and oxygen atoms in total. The van der Waals surface area contributed by atoms with Gasteiger partial charge in [-0.3, -0.25) is 13.9 Å². The standard InChI is InChI=1S/C29H33Cl2N3O4S/c1-5-21(3)32-29(36)22(4)33(18-23-7-6-8-25(31)17-23)28(35)19-34(26-13-11-24(30)12-14-26)39(37,38)27-15-9-20(2)10-16-27/h6-17,21-22H,5,18-19H2,1-4H3,(H,32,36). The van der Waals surface area contributed by atoms with Gasteiger partial charge in [0, 0.05) is 22.6 Å². The van der Waals surface area contributed by atoms with Gasteiger partial charge < -0.3 is 10.2 Å². The van der Waals surface area contributed by atoms with Crippen LogP contribution >= 0.6 is 23.2 Å². The molecule has 0 saturated carbocycles. The van der Waals surface area contributed by atoms with Gasteiger partial charge in [0.1, 0.15) is 12.6 Å². The summed E-state index contributed by atoms with van der Waals surface area (Å²) in [4.78, 5) is 28.4. The van der Waals surface area contributed by atoms with Crippen LogP contribution in [0.1, 0.15) is 38.3 Å². The molecule has 10 heteroatoms. The van der Waals surface area contributed by atoms with E-state index in [9.17, 15) is 18.0 Å². The summed E-state index contributed by atoms with van der Waals surface area (Å²) < 4.78 is 28.6. The minimum Gasteiger partial charge on any atom is -0.352 e. The maximum Gasteiger partial charge on any atom is 0.264 e. The Morgan fingerprint density at radius 2 is 1.56 bits per heavy atom. The Balaban J connectivity index is 2.02. The van der Waals surface area contributed by atoms with Crippen LogP contribution in [0.15, 0.2) is 77.7 Å². The summed E-state index contributed by atoms with van der Waals surface area (Å²) in [7, 11) is -4.14. The number of nitrogens with one attached hydrogen (secondary N) is 1. The first-order chi connectivity index (χ1) is 18.4. The molecule has 0 heterocycles. The number of halogens is 2. The predicted molar refractivity (Wildman–Crippen MR) is 157 cm³/mol. The summed E-state index contributed by atoms with van der Waals surface area (Å²) in [6, 6.07) is 18.6.